The molecule has 0 unspecified atom stereocenters. The van der Waals surface area contributed by atoms with Crippen molar-refractivity contribution in [3.63, 3.8) is 0 Å². The number of piperidine rings is 1. The molecule has 36 heavy (non-hydrogen) atoms. The zero-order valence-electron chi connectivity index (χ0n) is 21.5. The first-order chi connectivity index (χ1) is 17.0. The summed E-state index contributed by atoms with van der Waals surface area (Å²) in [7, 11) is 1.73. The van der Waals surface area contributed by atoms with Gasteiger partial charge in [-0.05, 0) is 59.4 Å². The van der Waals surface area contributed by atoms with Crippen molar-refractivity contribution in [1.29, 1.82) is 0 Å². The first kappa shape index (κ1) is 24.1. The zero-order chi connectivity index (χ0) is 25.7. The molecule has 1 aliphatic carbocycles. The number of pyridine rings is 1. The number of aryl methyl sites for hydroxylation is 1. The Morgan fingerprint density at radius 3 is 2.58 bits per heavy atom. The molecule has 3 aromatic rings. The summed E-state index contributed by atoms with van der Waals surface area (Å²) < 4.78 is 8.96. The molecule has 1 amide bonds. The number of carbonyl (C=O) groups excluding carboxylic acids is 1. The van der Waals surface area contributed by atoms with Crippen LogP contribution in [-0.4, -0.2) is 59.5 Å². The highest BCUT2D eigenvalue weighted by Gasteiger charge is 2.38. The molecule has 2 N–H and O–H groups in total. The zero-order valence-corrected chi connectivity index (χ0v) is 21.5. The second kappa shape index (κ2) is 8.79. The van der Waals surface area contributed by atoms with Crippen LogP contribution in [0.25, 0.3) is 10.9 Å². The fraction of sp³-hybridized carbons (Fsp3) is 0.560. The highest BCUT2D eigenvalue weighted by atomic mass is 16.6. The van der Waals surface area contributed by atoms with Gasteiger partial charge >= 0.3 is 6.09 Å². The van der Waals surface area contributed by atoms with E-state index in [1.54, 1.807) is 24.3 Å². The van der Waals surface area contributed by atoms with Crippen molar-refractivity contribution >= 4 is 34.4 Å². The van der Waals surface area contributed by atoms with Crippen LogP contribution in [0.4, 0.5) is 22.2 Å². The standard InChI is InChI=1S/C25H34N8O3/c1-24(2,3)36-23(35)32-12-6-17(7-13-32)33-15-16(14-26-33)27-22-28-18-8-11-31(5)21(34)19(18)20(29-22)30-25(4)9-10-25/h8,11,14-15,17H,6-7,9-10,12-13H2,1-5H3,(H2,27,28,29,30). The van der Waals surface area contributed by atoms with Crippen molar-refractivity contribution in [2.24, 2.45) is 7.05 Å². The topological polar surface area (TPSA) is 119 Å². The van der Waals surface area contributed by atoms with E-state index < -0.39 is 5.60 Å². The molecule has 1 saturated carbocycles. The van der Waals surface area contributed by atoms with E-state index in [4.69, 9.17) is 4.74 Å². The Hall–Kier alpha value is -3.63. The molecular weight excluding hydrogens is 460 g/mol. The van der Waals surface area contributed by atoms with Crippen LogP contribution in [0.2, 0.25) is 0 Å². The number of hydrogen-bond acceptors (Lipinski definition) is 8. The Morgan fingerprint density at radius 1 is 1.19 bits per heavy atom. The molecule has 11 heteroatoms. The molecule has 0 bridgehead atoms. The maximum absolute atomic E-state index is 12.8. The minimum Gasteiger partial charge on any atom is -0.444 e. The smallest absolute Gasteiger partial charge is 0.410 e. The van der Waals surface area contributed by atoms with E-state index in [-0.39, 0.29) is 23.2 Å². The maximum atomic E-state index is 12.8. The highest BCUT2D eigenvalue weighted by Crippen LogP contribution is 2.39. The number of carbonyl (C=O) groups is 1. The van der Waals surface area contributed by atoms with Gasteiger partial charge in [-0.1, -0.05) is 0 Å². The third kappa shape index (κ3) is 5.14. The largest absolute Gasteiger partial charge is 0.444 e. The molecule has 192 valence electrons. The summed E-state index contributed by atoms with van der Waals surface area (Å²) in [4.78, 5) is 36.2. The van der Waals surface area contributed by atoms with Gasteiger partial charge in [0.2, 0.25) is 5.95 Å². The second-order valence-electron chi connectivity index (χ2n) is 11.1. The van der Waals surface area contributed by atoms with Gasteiger partial charge in [-0.15, -0.1) is 0 Å². The minimum absolute atomic E-state index is 0.0432. The van der Waals surface area contributed by atoms with Crippen LogP contribution in [0, 0.1) is 0 Å². The van der Waals surface area contributed by atoms with Gasteiger partial charge < -0.3 is 24.8 Å². The third-order valence-electron chi connectivity index (χ3n) is 6.70. The third-order valence-corrected chi connectivity index (χ3v) is 6.70. The molecule has 11 nitrogen and oxygen atoms in total. The van der Waals surface area contributed by atoms with Crippen LogP contribution in [0.15, 0.2) is 29.5 Å². The van der Waals surface area contributed by atoms with Gasteiger partial charge in [0.05, 0.1) is 23.4 Å². The Bertz CT molecular complexity index is 1340. The number of nitrogens with one attached hydrogen (secondary N) is 2. The number of aromatic nitrogens is 5. The molecule has 5 rings (SSSR count). The Kier molecular flexibility index (Phi) is 5.88. The normalized spacial score (nSPS) is 17.8. The van der Waals surface area contributed by atoms with Gasteiger partial charge in [0.15, 0.2) is 0 Å². The lowest BCUT2D eigenvalue weighted by molar-refractivity contribution is 0.0185. The fourth-order valence-electron chi connectivity index (χ4n) is 4.35. The number of likely N-dealkylation sites (tertiary alicyclic amines) is 1. The van der Waals surface area contributed by atoms with Crippen molar-refractivity contribution in [2.75, 3.05) is 23.7 Å². The lowest BCUT2D eigenvalue weighted by Crippen LogP contribution is -2.42. The predicted molar refractivity (Wildman–Crippen MR) is 138 cm³/mol. The van der Waals surface area contributed by atoms with E-state index in [2.05, 4.69) is 32.6 Å². The van der Waals surface area contributed by atoms with Crippen molar-refractivity contribution in [2.45, 2.75) is 70.6 Å². The van der Waals surface area contributed by atoms with Crippen molar-refractivity contribution in [3.05, 3.63) is 35.0 Å². The van der Waals surface area contributed by atoms with E-state index in [1.807, 2.05) is 37.7 Å². The SMILES string of the molecule is Cn1ccc2nc(Nc3cnn(C4CCN(C(=O)OC(C)(C)C)CC4)c3)nc(NC3(C)CC3)c2c1=O. The van der Waals surface area contributed by atoms with Crippen molar-refractivity contribution < 1.29 is 9.53 Å². The summed E-state index contributed by atoms with van der Waals surface area (Å²) >= 11 is 0. The summed E-state index contributed by atoms with van der Waals surface area (Å²) in [5, 5.41) is 11.7. The van der Waals surface area contributed by atoms with Crippen LogP contribution in [-0.2, 0) is 11.8 Å². The van der Waals surface area contributed by atoms with Crippen LogP contribution in [0.1, 0.15) is 59.4 Å². The Balaban J connectivity index is 1.30. The summed E-state index contributed by atoms with van der Waals surface area (Å²) in [5.41, 5.74) is 0.676. The summed E-state index contributed by atoms with van der Waals surface area (Å²) in [6.07, 6.45) is 8.78. The van der Waals surface area contributed by atoms with Gasteiger partial charge in [-0.25, -0.2) is 9.78 Å². The quantitative estimate of drug-likeness (QED) is 0.550. The van der Waals surface area contributed by atoms with E-state index >= 15 is 0 Å². The molecule has 3 aromatic heterocycles. The number of rotatable bonds is 5. The second-order valence-corrected chi connectivity index (χ2v) is 11.1. The lowest BCUT2D eigenvalue weighted by Gasteiger charge is -2.33. The monoisotopic (exact) mass is 494 g/mol. The molecule has 1 aliphatic heterocycles. The molecule has 0 aromatic carbocycles. The van der Waals surface area contributed by atoms with Gasteiger partial charge in [0.25, 0.3) is 5.56 Å². The number of nitrogens with zero attached hydrogens (tertiary/aromatic N) is 6. The summed E-state index contributed by atoms with van der Waals surface area (Å²) in [6, 6.07) is 2.01. The molecule has 0 atom stereocenters. The Morgan fingerprint density at radius 2 is 1.92 bits per heavy atom. The molecular formula is C25H34N8O3. The number of hydrogen-bond donors (Lipinski definition) is 2. The van der Waals surface area contributed by atoms with E-state index in [0.717, 1.165) is 31.4 Å². The van der Waals surface area contributed by atoms with Gasteiger partial charge in [-0.3, -0.25) is 9.48 Å². The first-order valence-corrected chi connectivity index (χ1v) is 12.4. The van der Waals surface area contributed by atoms with Gasteiger partial charge in [0, 0.05) is 38.1 Å². The molecule has 1 saturated heterocycles. The maximum Gasteiger partial charge on any atom is 0.410 e. The van der Waals surface area contributed by atoms with E-state index in [0.29, 0.717) is 35.8 Å². The van der Waals surface area contributed by atoms with Gasteiger partial charge in [0.1, 0.15) is 16.8 Å². The van der Waals surface area contributed by atoms with Crippen LogP contribution < -0.4 is 16.2 Å². The molecule has 4 heterocycles. The minimum atomic E-state index is -0.500. The van der Waals surface area contributed by atoms with Crippen LogP contribution in [0.3, 0.4) is 0 Å². The van der Waals surface area contributed by atoms with Crippen LogP contribution >= 0.6 is 0 Å². The average molecular weight is 495 g/mol. The average Bonchev–Trinajstić information content (AvgIpc) is 3.34. The Labute approximate surface area is 209 Å². The lowest BCUT2D eigenvalue weighted by atomic mass is 10.1. The molecule has 2 fully saturated rings. The van der Waals surface area contributed by atoms with E-state index in [9.17, 15) is 9.59 Å². The highest BCUT2D eigenvalue weighted by molar-refractivity contribution is 5.90. The summed E-state index contributed by atoms with van der Waals surface area (Å²) in [5.74, 6) is 0.951. The number of ether oxygens (including phenoxy) is 1. The predicted octanol–water partition coefficient (Wildman–Crippen LogP) is 3.81. The first-order valence-electron chi connectivity index (χ1n) is 12.4. The molecule has 2 aliphatic rings. The van der Waals surface area contributed by atoms with Crippen LogP contribution in [0.5, 0.6) is 0 Å². The van der Waals surface area contributed by atoms with Gasteiger partial charge in [-0.2, -0.15) is 10.1 Å². The fourth-order valence-corrected chi connectivity index (χ4v) is 4.35. The summed E-state index contributed by atoms with van der Waals surface area (Å²) in [6.45, 7) is 9.00. The number of anilines is 3. The number of amides is 1. The van der Waals surface area contributed by atoms with Crippen molar-refractivity contribution in [1.82, 2.24) is 29.2 Å². The number of fused-ring (bicyclic) bond motifs is 1. The van der Waals surface area contributed by atoms with Crippen molar-refractivity contribution in [3.8, 4) is 0 Å². The van der Waals surface area contributed by atoms with E-state index in [1.165, 1.54) is 4.57 Å². The molecule has 0 spiro atoms. The molecule has 0 radical (unpaired) electrons.